The van der Waals surface area contributed by atoms with E-state index in [4.69, 9.17) is 30.4 Å². The Morgan fingerprint density at radius 2 is 1.80 bits per heavy atom. The molecule has 1 saturated carbocycles. The third kappa shape index (κ3) is 11.5. The lowest BCUT2D eigenvalue weighted by molar-refractivity contribution is -0.140. The van der Waals surface area contributed by atoms with Gasteiger partial charge in [-0.15, -0.1) is 11.8 Å². The summed E-state index contributed by atoms with van der Waals surface area (Å²) < 4.78 is 28.6. The molecule has 3 aliphatic rings. The summed E-state index contributed by atoms with van der Waals surface area (Å²) in [6.45, 7) is 0.0942. The van der Waals surface area contributed by atoms with Crippen molar-refractivity contribution in [1.82, 2.24) is 19.8 Å². The summed E-state index contributed by atoms with van der Waals surface area (Å²) in [6, 6.07) is 0.208. The van der Waals surface area contributed by atoms with E-state index in [9.17, 15) is 43.6 Å². The first kappa shape index (κ1) is 40.8. The highest BCUT2D eigenvalue weighted by Gasteiger charge is 2.45. The maximum Gasteiger partial charge on any atom is 0.472 e. The topological polar surface area (TPSA) is 296 Å². The van der Waals surface area contributed by atoms with Gasteiger partial charge in [0.1, 0.15) is 30.2 Å². The van der Waals surface area contributed by atoms with Crippen molar-refractivity contribution in [3.63, 3.8) is 0 Å². The van der Waals surface area contributed by atoms with Crippen LogP contribution in [0, 0.1) is 11.8 Å². The maximum atomic E-state index is 12.7. The Bertz CT molecular complexity index is 1490. The van der Waals surface area contributed by atoms with Gasteiger partial charge in [-0.05, 0) is 50.5 Å². The molecule has 2 saturated heterocycles. The van der Waals surface area contributed by atoms with E-state index in [1.165, 1.54) is 17.2 Å². The van der Waals surface area contributed by atoms with Gasteiger partial charge in [-0.25, -0.2) is 9.36 Å². The first-order valence-corrected chi connectivity index (χ1v) is 19.4. The molecule has 51 heavy (non-hydrogen) atoms. The largest absolute Gasteiger partial charge is 0.480 e. The van der Waals surface area contributed by atoms with Crippen LogP contribution in [0.5, 0.6) is 0 Å². The molecule has 1 aliphatic carbocycles. The molecule has 3 fully saturated rings. The van der Waals surface area contributed by atoms with Gasteiger partial charge < -0.3 is 41.7 Å². The number of unbranched alkanes of at least 4 members (excludes halogenated alkanes) is 3. The molecule has 2 unspecified atom stereocenters. The van der Waals surface area contributed by atoms with E-state index in [1.807, 2.05) is 0 Å². The third-order valence-electron chi connectivity index (χ3n) is 9.14. The fourth-order valence-electron chi connectivity index (χ4n) is 6.17. The number of thioether (sulfide) groups is 1. The number of carbonyl (C=O) groups is 4. The normalized spacial score (nSPS) is 28.5. The van der Waals surface area contributed by atoms with Crippen molar-refractivity contribution in [2.75, 3.05) is 37.8 Å². The van der Waals surface area contributed by atoms with E-state index >= 15 is 0 Å². The molecule has 2 aliphatic heterocycles. The van der Waals surface area contributed by atoms with Gasteiger partial charge in [0.25, 0.3) is 0 Å². The molecule has 0 radical (unpaired) electrons. The van der Waals surface area contributed by atoms with Crippen molar-refractivity contribution >= 4 is 49.1 Å². The van der Waals surface area contributed by atoms with Crippen molar-refractivity contribution in [1.29, 1.82) is 0 Å². The standard InChI is InChI=1S/C30H47N6O13PS/c31-19(29(42)43)16-51-21-13-23(37)36(27(21)41)14-17-5-7-18(8-6-17)26(40)33-10-3-1-2-4-12-47-50(45,46)48-15-20-24(38)25(39)28(49-20)35-11-9-22(32)34-30(35)44/h9,11,17-21,24-25,28,38-39H,1-8,10,12-16,31H2,(H,33,40)(H,42,43)(H,45,46)(H2,32,34,44)/t17?,18?,19-,20+,21?,24+,25+,28+/m0/s1. The number of aliphatic hydroxyl groups is 2. The van der Waals surface area contributed by atoms with Crippen LogP contribution in [0.4, 0.5) is 5.82 Å². The second-order valence-corrected chi connectivity index (χ2v) is 15.6. The van der Waals surface area contributed by atoms with E-state index in [0.717, 1.165) is 22.7 Å². The van der Waals surface area contributed by atoms with Crippen LogP contribution in [0.3, 0.4) is 0 Å². The first-order chi connectivity index (χ1) is 24.2. The van der Waals surface area contributed by atoms with E-state index in [0.29, 0.717) is 58.0 Å². The van der Waals surface area contributed by atoms with Gasteiger partial charge in [0, 0.05) is 37.4 Å². The Hall–Kier alpha value is -2.94. The number of amides is 3. The number of nitrogens with zero attached hydrogens (tertiary/aromatic N) is 3. The Labute approximate surface area is 298 Å². The predicted octanol–water partition coefficient (Wildman–Crippen LogP) is -0.666. The molecule has 1 aromatic rings. The average Bonchev–Trinajstić information content (AvgIpc) is 3.52. The minimum atomic E-state index is -4.51. The van der Waals surface area contributed by atoms with Gasteiger partial charge >= 0.3 is 19.5 Å². The number of nitrogens with two attached hydrogens (primary N) is 2. The molecule has 3 heterocycles. The number of carboxylic acids is 1. The lowest BCUT2D eigenvalue weighted by Gasteiger charge is -2.30. The summed E-state index contributed by atoms with van der Waals surface area (Å²) in [7, 11) is -4.51. The first-order valence-electron chi connectivity index (χ1n) is 16.9. The minimum absolute atomic E-state index is 0.0312. The van der Waals surface area contributed by atoms with Crippen LogP contribution < -0.4 is 22.5 Å². The number of phosphoric ester groups is 1. The molecule has 3 amide bonds. The van der Waals surface area contributed by atoms with Gasteiger partial charge in [-0.1, -0.05) is 12.8 Å². The van der Waals surface area contributed by atoms with Crippen molar-refractivity contribution < 1.29 is 57.7 Å². The predicted molar refractivity (Wildman–Crippen MR) is 181 cm³/mol. The van der Waals surface area contributed by atoms with Gasteiger partial charge in [-0.3, -0.25) is 37.7 Å². The van der Waals surface area contributed by atoms with Crippen LogP contribution >= 0.6 is 19.6 Å². The molecular formula is C30H47N6O13PS. The number of aliphatic carboxylic acids is 1. The van der Waals surface area contributed by atoms with Crippen LogP contribution in [-0.4, -0.2) is 120 Å². The van der Waals surface area contributed by atoms with Crippen LogP contribution in [0.2, 0.25) is 0 Å². The zero-order valence-electron chi connectivity index (χ0n) is 28.0. The summed E-state index contributed by atoms with van der Waals surface area (Å²) >= 11 is 1.09. The maximum absolute atomic E-state index is 12.7. The fraction of sp³-hybridized carbons (Fsp3) is 0.733. The number of imide groups is 1. The Kier molecular flexibility index (Phi) is 15.0. The van der Waals surface area contributed by atoms with Crippen molar-refractivity contribution in [2.24, 2.45) is 17.6 Å². The number of rotatable bonds is 19. The number of hydrogen-bond donors (Lipinski definition) is 7. The van der Waals surface area contributed by atoms with Crippen LogP contribution in [-0.2, 0) is 37.5 Å². The number of aliphatic hydroxyl groups excluding tert-OH is 2. The smallest absolute Gasteiger partial charge is 0.472 e. The molecule has 286 valence electrons. The highest BCUT2D eigenvalue weighted by Crippen LogP contribution is 2.44. The third-order valence-corrected chi connectivity index (χ3v) is 11.5. The number of carbonyl (C=O) groups excluding carboxylic acids is 3. The number of phosphoric acid groups is 1. The van der Waals surface area contributed by atoms with Crippen molar-refractivity contribution in [3.05, 3.63) is 22.7 Å². The molecular weight excluding hydrogens is 715 g/mol. The Morgan fingerprint density at radius 1 is 1.10 bits per heavy atom. The molecule has 0 bridgehead atoms. The number of likely N-dealkylation sites (tertiary alicyclic amines) is 1. The highest BCUT2D eigenvalue weighted by molar-refractivity contribution is 8.00. The molecule has 21 heteroatoms. The summed E-state index contributed by atoms with van der Waals surface area (Å²) in [4.78, 5) is 75.7. The highest BCUT2D eigenvalue weighted by atomic mass is 32.2. The van der Waals surface area contributed by atoms with Gasteiger partial charge in [-0.2, -0.15) is 4.98 Å². The van der Waals surface area contributed by atoms with Gasteiger partial charge in [0.2, 0.25) is 17.7 Å². The van der Waals surface area contributed by atoms with Crippen molar-refractivity contribution in [3.8, 4) is 0 Å². The van der Waals surface area contributed by atoms with Crippen molar-refractivity contribution in [2.45, 2.75) is 93.6 Å². The summed E-state index contributed by atoms with van der Waals surface area (Å²) in [6.07, 6.45) is 0.898. The zero-order valence-corrected chi connectivity index (χ0v) is 29.7. The number of carboxylic acid groups (broad SMARTS) is 1. The number of nitrogens with one attached hydrogen (secondary N) is 1. The van der Waals surface area contributed by atoms with Crippen LogP contribution in [0.25, 0.3) is 0 Å². The van der Waals surface area contributed by atoms with E-state index in [-0.39, 0.29) is 54.2 Å². The molecule has 0 aromatic carbocycles. The van der Waals surface area contributed by atoms with E-state index in [2.05, 4.69) is 10.3 Å². The second kappa shape index (κ2) is 18.7. The average molecular weight is 763 g/mol. The molecule has 1 aromatic heterocycles. The zero-order chi connectivity index (χ0) is 37.3. The van der Waals surface area contributed by atoms with E-state index in [1.54, 1.807) is 0 Å². The van der Waals surface area contributed by atoms with E-state index < -0.39 is 61.9 Å². The summed E-state index contributed by atoms with van der Waals surface area (Å²) in [5.74, 6) is -1.83. The van der Waals surface area contributed by atoms with Gasteiger partial charge in [0.15, 0.2) is 6.23 Å². The lowest BCUT2D eigenvalue weighted by Crippen LogP contribution is -2.39. The number of ether oxygens (including phenoxy) is 1. The second-order valence-electron chi connectivity index (χ2n) is 12.9. The number of aromatic nitrogens is 2. The number of nitrogen functional groups attached to an aromatic ring is 1. The Balaban J connectivity index is 1.03. The minimum Gasteiger partial charge on any atom is -0.480 e. The molecule has 19 nitrogen and oxygen atoms in total. The SMILES string of the molecule is Nc1ccn([C@@H]2O[C@H](COP(=O)(O)OCCCCCCNC(=O)C3CCC(CN4C(=O)CC(SC[C@H](N)C(=O)O)C4=O)CC3)[C@@H](O)[C@H]2O)c(=O)n1. The summed E-state index contributed by atoms with van der Waals surface area (Å²) in [5.41, 5.74) is 10.2. The number of hydrogen-bond acceptors (Lipinski definition) is 15. The monoisotopic (exact) mass is 762 g/mol. The Morgan fingerprint density at radius 3 is 2.49 bits per heavy atom. The number of anilines is 1. The van der Waals surface area contributed by atoms with Gasteiger partial charge in [0.05, 0.1) is 18.5 Å². The molecule has 7 atom stereocenters. The lowest BCUT2D eigenvalue weighted by atomic mass is 9.81. The van der Waals surface area contributed by atoms with Crippen LogP contribution in [0.15, 0.2) is 17.1 Å². The molecule has 0 spiro atoms. The van der Waals surface area contributed by atoms with Crippen LogP contribution in [0.1, 0.15) is 64.0 Å². The fourth-order valence-corrected chi connectivity index (χ4v) is 8.05. The quantitative estimate of drug-likeness (QED) is 0.0522. The molecule has 4 rings (SSSR count). The summed E-state index contributed by atoms with van der Waals surface area (Å²) in [5, 5.41) is 31.8. The molecule has 9 N–H and O–H groups in total.